The van der Waals surface area contributed by atoms with E-state index in [0.717, 1.165) is 89.7 Å². The van der Waals surface area contributed by atoms with Crippen LogP contribution in [0.15, 0.2) is 196 Å². The lowest BCUT2D eigenvalue weighted by molar-refractivity contribution is 0.832. The van der Waals surface area contributed by atoms with E-state index in [0.29, 0.717) is 17.8 Å². The van der Waals surface area contributed by atoms with Gasteiger partial charge in [-0.3, -0.25) is 14.7 Å². The van der Waals surface area contributed by atoms with Gasteiger partial charge in [-0.2, -0.15) is 15.0 Å². The SMILES string of the molecule is C1=CC2=C(CC1)N(c1cccs1)c1ccccc1N2c1nc(N2C3=C(CCC=C3)N(c3cccs3)c3ccccc32)nc(N2C3=C(CCC=C3)N(c3cccs3)c3ccccc32)n1. The average Bonchev–Trinajstić information content (AvgIpc) is 4.18. The molecule has 0 fully saturated rings. The van der Waals surface area contributed by atoms with Gasteiger partial charge in [0.15, 0.2) is 0 Å². The zero-order valence-corrected chi connectivity index (χ0v) is 36.5. The lowest BCUT2D eigenvalue weighted by Gasteiger charge is -2.43. The highest BCUT2D eigenvalue weighted by Crippen LogP contribution is 2.55. The first-order valence-corrected chi connectivity index (χ1v) is 24.1. The van der Waals surface area contributed by atoms with Crippen molar-refractivity contribution in [3.8, 4) is 0 Å². The highest BCUT2D eigenvalue weighted by Gasteiger charge is 2.40. The summed E-state index contributed by atoms with van der Waals surface area (Å²) in [5, 5.41) is 10.0. The normalized spacial score (nSPS) is 17.5. The molecule has 0 saturated carbocycles. The van der Waals surface area contributed by atoms with Gasteiger partial charge in [-0.05, 0) is 146 Å². The van der Waals surface area contributed by atoms with E-state index in [1.165, 1.54) is 32.1 Å². The minimum absolute atomic E-state index is 0.563. The summed E-state index contributed by atoms with van der Waals surface area (Å²) in [6, 6.07) is 39.1. The predicted molar refractivity (Wildman–Crippen MR) is 261 cm³/mol. The molecule has 13 rings (SSSR count). The van der Waals surface area contributed by atoms with Gasteiger partial charge in [-0.15, -0.1) is 34.0 Å². The predicted octanol–water partition coefficient (Wildman–Crippen LogP) is 14.6. The summed E-state index contributed by atoms with van der Waals surface area (Å²) in [6.45, 7) is 0. The number of rotatable bonds is 6. The molecule has 0 spiro atoms. The van der Waals surface area contributed by atoms with Crippen LogP contribution in [0, 0.1) is 0 Å². The number of benzene rings is 3. The van der Waals surface area contributed by atoms with Gasteiger partial charge in [0, 0.05) is 17.1 Å². The van der Waals surface area contributed by atoms with Crippen molar-refractivity contribution in [3.05, 3.63) is 196 Å². The van der Waals surface area contributed by atoms with Crippen LogP contribution in [0.5, 0.6) is 0 Å². The number of anilines is 12. The Labute approximate surface area is 377 Å². The van der Waals surface area contributed by atoms with Crippen LogP contribution in [0.25, 0.3) is 0 Å². The molecule has 3 aromatic carbocycles. The molecule has 7 aromatic rings. The maximum atomic E-state index is 5.64. The Kier molecular flexibility index (Phi) is 8.63. The minimum atomic E-state index is 0.563. The lowest BCUT2D eigenvalue weighted by Crippen LogP contribution is -2.36. The maximum Gasteiger partial charge on any atom is 0.241 e. The smallest absolute Gasteiger partial charge is 0.241 e. The van der Waals surface area contributed by atoms with Crippen LogP contribution in [0.3, 0.4) is 0 Å². The van der Waals surface area contributed by atoms with Crippen molar-refractivity contribution in [3.63, 3.8) is 0 Å². The van der Waals surface area contributed by atoms with Gasteiger partial charge in [-0.1, -0.05) is 54.6 Å². The van der Waals surface area contributed by atoms with Crippen molar-refractivity contribution < 1.29 is 0 Å². The van der Waals surface area contributed by atoms with Gasteiger partial charge in [0.1, 0.15) is 0 Å². The fourth-order valence-corrected chi connectivity index (χ4v) is 12.1. The number of aromatic nitrogens is 3. The number of nitrogens with zero attached hydrogens (tertiary/aromatic N) is 9. The maximum absolute atomic E-state index is 5.64. The monoisotopic (exact) mass is 873 g/mol. The Morgan fingerprint density at radius 3 is 0.889 bits per heavy atom. The number of thiophene rings is 3. The first kappa shape index (κ1) is 36.6. The summed E-state index contributed by atoms with van der Waals surface area (Å²) in [6.07, 6.45) is 19.1. The summed E-state index contributed by atoms with van der Waals surface area (Å²) in [5.41, 5.74) is 13.2. The first-order valence-electron chi connectivity index (χ1n) is 21.4. The highest BCUT2D eigenvalue weighted by molar-refractivity contribution is 7.14. The second kappa shape index (κ2) is 14.8. The van der Waals surface area contributed by atoms with E-state index in [9.17, 15) is 0 Å². The Morgan fingerprint density at radius 2 is 0.619 bits per heavy atom. The van der Waals surface area contributed by atoms with Crippen molar-refractivity contribution in [1.82, 2.24) is 15.0 Å². The molecule has 6 aliphatic rings. The molecule has 0 radical (unpaired) electrons. The average molecular weight is 874 g/mol. The standard InChI is InChI=1S/C51H39N9S3/c1-7-22-40-34(16-1)55(46-28-13-31-61-46)35-17-2-8-23-41(35)58(40)49-52-50(59-42-24-9-3-18-36(42)56(47-29-14-32-62-47)37-19-4-10-25-43(37)59)54-51(53-49)60-44-26-11-5-20-38(44)57(48-30-15-33-63-48)39-21-6-12-27-45(39)60/h1,3,5,7-16,18,20,22-33H,2,4,6,17,19,21H2. The molecule has 0 saturated heterocycles. The van der Waals surface area contributed by atoms with Crippen molar-refractivity contribution in [1.29, 1.82) is 0 Å². The second-order valence-corrected chi connectivity index (χ2v) is 18.7. The Bertz CT molecular complexity index is 2780. The molecule has 9 nitrogen and oxygen atoms in total. The summed E-state index contributed by atoms with van der Waals surface area (Å²) in [4.78, 5) is 31.1. The van der Waals surface area contributed by atoms with Crippen LogP contribution < -0.4 is 29.4 Å². The first-order chi connectivity index (χ1) is 31.3. The largest absolute Gasteiger partial charge is 0.301 e. The van der Waals surface area contributed by atoms with Crippen LogP contribution in [0.2, 0.25) is 0 Å². The topological polar surface area (TPSA) is 58.1 Å². The third kappa shape index (κ3) is 5.75. The third-order valence-electron chi connectivity index (χ3n) is 12.4. The van der Waals surface area contributed by atoms with E-state index in [2.05, 4.69) is 191 Å². The summed E-state index contributed by atoms with van der Waals surface area (Å²) in [5.74, 6) is 1.69. The molecule has 0 unspecified atom stereocenters. The zero-order valence-electron chi connectivity index (χ0n) is 34.1. The van der Waals surface area contributed by atoms with Gasteiger partial charge >= 0.3 is 0 Å². The van der Waals surface area contributed by atoms with Crippen LogP contribution >= 0.6 is 34.0 Å². The molecule has 3 aliphatic heterocycles. The molecular weight excluding hydrogens is 835 g/mol. The van der Waals surface area contributed by atoms with E-state index in [1.807, 2.05) is 0 Å². The van der Waals surface area contributed by atoms with Crippen molar-refractivity contribution >= 4 is 101 Å². The molecule has 306 valence electrons. The summed E-state index contributed by atoms with van der Waals surface area (Å²) < 4.78 is 0. The number of fused-ring (bicyclic) bond motifs is 3. The summed E-state index contributed by atoms with van der Waals surface area (Å²) in [7, 11) is 0. The molecule has 0 bridgehead atoms. The van der Waals surface area contributed by atoms with E-state index in [-0.39, 0.29) is 0 Å². The van der Waals surface area contributed by atoms with Gasteiger partial charge in [0.2, 0.25) is 17.8 Å². The van der Waals surface area contributed by atoms with E-state index < -0.39 is 0 Å². The quantitative estimate of drug-likeness (QED) is 0.163. The van der Waals surface area contributed by atoms with E-state index >= 15 is 0 Å². The molecule has 7 heterocycles. The zero-order chi connectivity index (χ0) is 41.4. The van der Waals surface area contributed by atoms with E-state index in [1.54, 1.807) is 34.0 Å². The molecule has 4 aromatic heterocycles. The molecular formula is C51H39N9S3. The van der Waals surface area contributed by atoms with E-state index in [4.69, 9.17) is 15.0 Å². The fourth-order valence-electron chi connectivity index (χ4n) is 9.80. The molecule has 63 heavy (non-hydrogen) atoms. The van der Waals surface area contributed by atoms with Crippen molar-refractivity contribution in [2.75, 3.05) is 29.4 Å². The highest BCUT2D eigenvalue weighted by atomic mass is 32.1. The lowest BCUT2D eigenvalue weighted by atomic mass is 10.0. The Hall–Kier alpha value is -6.99. The van der Waals surface area contributed by atoms with Gasteiger partial charge in [0.25, 0.3) is 0 Å². The minimum Gasteiger partial charge on any atom is -0.301 e. The molecule has 0 amide bonds. The number of allylic oxidation sites excluding steroid dienone is 9. The van der Waals surface area contributed by atoms with Crippen LogP contribution in [0.1, 0.15) is 38.5 Å². The summed E-state index contributed by atoms with van der Waals surface area (Å²) >= 11 is 5.28. The van der Waals surface area contributed by atoms with Crippen molar-refractivity contribution in [2.24, 2.45) is 0 Å². The second-order valence-electron chi connectivity index (χ2n) is 15.9. The number of hydrogen-bond acceptors (Lipinski definition) is 12. The Morgan fingerprint density at radius 1 is 0.333 bits per heavy atom. The van der Waals surface area contributed by atoms with Crippen LogP contribution in [0.4, 0.5) is 67.0 Å². The van der Waals surface area contributed by atoms with Gasteiger partial charge in [-0.25, -0.2) is 0 Å². The van der Waals surface area contributed by atoms with Crippen LogP contribution in [-0.4, -0.2) is 15.0 Å². The van der Waals surface area contributed by atoms with Crippen LogP contribution in [-0.2, 0) is 0 Å². The molecule has 3 aliphatic carbocycles. The molecule has 0 N–H and O–H groups in total. The number of para-hydroxylation sites is 6. The van der Waals surface area contributed by atoms with Crippen molar-refractivity contribution in [2.45, 2.75) is 38.5 Å². The van der Waals surface area contributed by atoms with Gasteiger partial charge < -0.3 is 14.7 Å². The fraction of sp³-hybridized carbons (Fsp3) is 0.118. The molecule has 12 heteroatoms. The Balaban J connectivity index is 1.09. The third-order valence-corrected chi connectivity index (χ3v) is 14.9. The molecule has 0 atom stereocenters. The number of hydrogen-bond donors (Lipinski definition) is 0. The van der Waals surface area contributed by atoms with Gasteiger partial charge in [0.05, 0.1) is 66.2 Å².